The van der Waals surface area contributed by atoms with E-state index in [0.29, 0.717) is 15.6 Å². The summed E-state index contributed by atoms with van der Waals surface area (Å²) in [6.45, 7) is 0.730. The summed E-state index contributed by atoms with van der Waals surface area (Å²) in [5.74, 6) is -0.868. The molecule has 0 aliphatic carbocycles. The molecule has 0 radical (unpaired) electrons. The first-order valence-corrected chi connectivity index (χ1v) is 10.6. The lowest BCUT2D eigenvalue weighted by molar-refractivity contribution is -0.126. The van der Waals surface area contributed by atoms with Crippen molar-refractivity contribution >= 4 is 44.0 Å². The van der Waals surface area contributed by atoms with Crippen LogP contribution in [-0.2, 0) is 19.6 Å². The number of amides is 2. The second-order valence-corrected chi connectivity index (χ2v) is 8.58. The highest BCUT2D eigenvalue weighted by molar-refractivity contribution is 7.99. The number of methoxy groups -OCH3 is 2. The summed E-state index contributed by atoms with van der Waals surface area (Å²) in [6.07, 6.45) is 0. The minimum atomic E-state index is -4.18. The van der Waals surface area contributed by atoms with Gasteiger partial charge in [-0.25, -0.2) is 12.7 Å². The number of benzene rings is 2. The highest BCUT2D eigenvalue weighted by Crippen LogP contribution is 2.37. The number of hydrogen-bond acceptors (Lipinski definition) is 6. The molecule has 8 nitrogen and oxygen atoms in total. The minimum absolute atomic E-state index is 0.0547. The molecular formula is C20H19ClN2O6S. The summed E-state index contributed by atoms with van der Waals surface area (Å²) in [4.78, 5) is 25.1. The van der Waals surface area contributed by atoms with E-state index in [1.807, 2.05) is 0 Å². The number of nitrogens with one attached hydrogen (secondary N) is 1. The van der Waals surface area contributed by atoms with Gasteiger partial charge in [0.1, 0.15) is 22.9 Å². The zero-order valence-electron chi connectivity index (χ0n) is 16.4. The Morgan fingerprint density at radius 2 is 1.73 bits per heavy atom. The van der Waals surface area contributed by atoms with Crippen molar-refractivity contribution < 1.29 is 27.5 Å². The van der Waals surface area contributed by atoms with Crippen molar-refractivity contribution in [3.8, 4) is 11.5 Å². The highest BCUT2D eigenvalue weighted by atomic mass is 35.5. The molecule has 0 bridgehead atoms. The number of sulfonamides is 1. The van der Waals surface area contributed by atoms with Crippen molar-refractivity contribution in [3.63, 3.8) is 0 Å². The average Bonchev–Trinajstić information content (AvgIpc) is 2.88. The van der Waals surface area contributed by atoms with Crippen molar-refractivity contribution in [1.82, 2.24) is 4.31 Å². The molecule has 1 aliphatic heterocycles. The molecule has 10 heteroatoms. The largest absolute Gasteiger partial charge is 0.495 e. The number of rotatable bonds is 6. The third kappa shape index (κ3) is 3.86. The van der Waals surface area contributed by atoms with Gasteiger partial charge in [0.25, 0.3) is 15.9 Å². The van der Waals surface area contributed by atoms with Crippen LogP contribution in [0.1, 0.15) is 12.5 Å². The minimum Gasteiger partial charge on any atom is -0.495 e. The second kappa shape index (κ2) is 8.37. The first kappa shape index (κ1) is 21.7. The molecule has 30 heavy (non-hydrogen) atoms. The number of hydrogen-bond donors (Lipinski definition) is 1. The quantitative estimate of drug-likeness (QED) is 0.726. The Hall–Kier alpha value is -3.04. The zero-order valence-corrected chi connectivity index (χ0v) is 18.0. The summed E-state index contributed by atoms with van der Waals surface area (Å²) in [5.41, 5.74) is 0.652. The van der Waals surface area contributed by atoms with Gasteiger partial charge in [0.05, 0.1) is 24.9 Å². The van der Waals surface area contributed by atoms with Crippen LogP contribution in [0, 0.1) is 0 Å². The van der Waals surface area contributed by atoms with Crippen molar-refractivity contribution in [2.75, 3.05) is 26.1 Å². The fourth-order valence-electron chi connectivity index (χ4n) is 3.09. The van der Waals surface area contributed by atoms with Crippen molar-refractivity contribution in [2.45, 2.75) is 6.92 Å². The molecular weight excluding hydrogens is 432 g/mol. The van der Waals surface area contributed by atoms with Crippen LogP contribution < -0.4 is 14.8 Å². The smallest absolute Gasteiger partial charge is 0.268 e. The highest BCUT2D eigenvalue weighted by Gasteiger charge is 2.43. The molecule has 0 atom stereocenters. The van der Waals surface area contributed by atoms with Crippen molar-refractivity contribution in [3.05, 3.63) is 58.6 Å². The van der Waals surface area contributed by atoms with Gasteiger partial charge in [-0.2, -0.15) is 0 Å². The van der Waals surface area contributed by atoms with Gasteiger partial charge in [-0.3, -0.25) is 9.59 Å². The number of carbonyl (C=O) groups is 2. The monoisotopic (exact) mass is 450 g/mol. The molecule has 2 aromatic carbocycles. The van der Waals surface area contributed by atoms with E-state index in [1.54, 1.807) is 30.3 Å². The predicted molar refractivity (Wildman–Crippen MR) is 113 cm³/mol. The molecule has 0 spiro atoms. The van der Waals surface area contributed by atoms with Gasteiger partial charge in [0.15, 0.2) is 0 Å². The lowest BCUT2D eigenvalue weighted by atomic mass is 10.1. The van der Waals surface area contributed by atoms with E-state index < -0.39 is 28.4 Å². The van der Waals surface area contributed by atoms with Crippen molar-refractivity contribution in [2.24, 2.45) is 0 Å². The normalized spacial score (nSPS) is 15.3. The predicted octanol–water partition coefficient (Wildman–Crippen LogP) is 2.90. The van der Waals surface area contributed by atoms with Crippen LogP contribution in [0.5, 0.6) is 11.5 Å². The summed E-state index contributed by atoms with van der Waals surface area (Å²) >= 11 is 6.09. The van der Waals surface area contributed by atoms with Crippen LogP contribution in [0.3, 0.4) is 0 Å². The van der Waals surface area contributed by atoms with E-state index in [1.165, 1.54) is 33.3 Å². The lowest BCUT2D eigenvalue weighted by Crippen LogP contribution is -2.38. The van der Waals surface area contributed by atoms with Gasteiger partial charge in [-0.1, -0.05) is 41.9 Å². The van der Waals surface area contributed by atoms with Crippen molar-refractivity contribution in [1.29, 1.82) is 0 Å². The molecule has 2 aromatic rings. The molecule has 0 aromatic heterocycles. The maximum atomic E-state index is 13.0. The first-order chi connectivity index (χ1) is 14.2. The molecule has 3 rings (SSSR count). The third-order valence-electron chi connectivity index (χ3n) is 4.51. The maximum Gasteiger partial charge on any atom is 0.268 e. The van der Waals surface area contributed by atoms with E-state index in [-0.39, 0.29) is 26.9 Å². The Bertz CT molecular complexity index is 1150. The van der Waals surface area contributed by atoms with E-state index >= 15 is 0 Å². The topological polar surface area (TPSA) is 102 Å². The van der Waals surface area contributed by atoms with E-state index in [9.17, 15) is 18.0 Å². The van der Waals surface area contributed by atoms with Gasteiger partial charge in [0.2, 0.25) is 5.91 Å². The van der Waals surface area contributed by atoms with Crippen LogP contribution in [0.25, 0.3) is 4.91 Å². The molecule has 2 amide bonds. The fourth-order valence-corrected chi connectivity index (χ4v) is 5.10. The van der Waals surface area contributed by atoms with Crippen LogP contribution in [0.2, 0.25) is 5.02 Å². The van der Waals surface area contributed by atoms with Crippen LogP contribution in [0.15, 0.2) is 48.0 Å². The molecule has 0 fully saturated rings. The molecule has 1 aliphatic rings. The SMILES string of the molecule is COc1cc(OC)c(NC(=O)CN2C(=O)C(C)=C(c3ccccc3)S2(=O)=O)cc1Cl. The Balaban J connectivity index is 1.85. The fraction of sp³-hybridized carbons (Fsp3) is 0.200. The molecule has 158 valence electrons. The zero-order chi connectivity index (χ0) is 22.1. The average molecular weight is 451 g/mol. The van der Waals surface area contributed by atoms with Crippen LogP contribution in [-0.4, -0.2) is 45.3 Å². The number of carbonyl (C=O) groups excluding carboxylic acids is 2. The Kier molecular flexibility index (Phi) is 6.04. The van der Waals surface area contributed by atoms with Crippen LogP contribution in [0.4, 0.5) is 5.69 Å². The number of nitrogens with zero attached hydrogens (tertiary/aromatic N) is 1. The van der Waals surface area contributed by atoms with Gasteiger partial charge in [0, 0.05) is 11.6 Å². The van der Waals surface area contributed by atoms with Gasteiger partial charge < -0.3 is 14.8 Å². The standard InChI is InChI=1S/C20H19ClN2O6S/c1-12-19(13-7-5-4-6-8-13)30(26,27)23(20(12)25)11-18(24)22-15-9-14(21)16(28-2)10-17(15)29-3/h4-10H,11H2,1-3H3,(H,22,24). The number of ether oxygens (including phenoxy) is 2. The maximum absolute atomic E-state index is 13.0. The molecule has 0 saturated heterocycles. The van der Waals surface area contributed by atoms with Gasteiger partial charge >= 0.3 is 0 Å². The van der Waals surface area contributed by atoms with E-state index in [2.05, 4.69) is 5.32 Å². The number of halogens is 1. The molecule has 1 heterocycles. The summed E-state index contributed by atoms with van der Waals surface area (Å²) in [6, 6.07) is 11.2. The molecule has 0 saturated carbocycles. The summed E-state index contributed by atoms with van der Waals surface area (Å²) in [5, 5.41) is 2.75. The molecule has 0 unspecified atom stereocenters. The first-order valence-electron chi connectivity index (χ1n) is 8.75. The van der Waals surface area contributed by atoms with E-state index in [4.69, 9.17) is 21.1 Å². The van der Waals surface area contributed by atoms with Gasteiger partial charge in [-0.15, -0.1) is 0 Å². The summed E-state index contributed by atoms with van der Waals surface area (Å²) in [7, 11) is -1.35. The lowest BCUT2D eigenvalue weighted by Gasteiger charge is -2.18. The number of anilines is 1. The molecule has 1 N–H and O–H groups in total. The summed E-state index contributed by atoms with van der Waals surface area (Å²) < 4.78 is 36.8. The van der Waals surface area contributed by atoms with Gasteiger partial charge in [-0.05, 0) is 18.6 Å². The third-order valence-corrected chi connectivity index (χ3v) is 6.74. The second-order valence-electron chi connectivity index (χ2n) is 6.37. The Labute approximate surface area is 179 Å². The Morgan fingerprint density at radius 1 is 1.10 bits per heavy atom. The van der Waals surface area contributed by atoms with Crippen LogP contribution >= 0.6 is 11.6 Å². The van der Waals surface area contributed by atoms with E-state index in [0.717, 1.165) is 0 Å². The Morgan fingerprint density at radius 3 is 2.33 bits per heavy atom.